The average molecular weight is 426 g/mol. The molecule has 3 aromatic carbocycles. The lowest BCUT2D eigenvalue weighted by molar-refractivity contribution is -0.118. The first-order chi connectivity index (χ1) is 15.2. The number of benzene rings is 3. The van der Waals surface area contributed by atoms with Crippen LogP contribution in [-0.2, 0) is 4.79 Å². The van der Waals surface area contributed by atoms with E-state index in [4.69, 9.17) is 4.74 Å². The number of nitrogens with one attached hydrogen (secondary N) is 1. The summed E-state index contributed by atoms with van der Waals surface area (Å²) < 4.78 is 5.82. The van der Waals surface area contributed by atoms with E-state index in [2.05, 4.69) is 15.3 Å². The maximum Gasteiger partial charge on any atom is 0.262 e. The molecule has 5 nitrogen and oxygen atoms in total. The number of carbonyl (C=O) groups excluding carboxylic acids is 1. The fraction of sp³-hybridized carbons (Fsp3) is 0.0800. The maximum atomic E-state index is 12.6. The molecular weight excluding hydrogens is 406 g/mol. The Morgan fingerprint density at radius 2 is 1.84 bits per heavy atom. The Balaban J connectivity index is 1.34. The number of amides is 1. The van der Waals surface area contributed by atoms with Crippen LogP contribution in [0, 0.1) is 6.92 Å². The van der Waals surface area contributed by atoms with Crippen LogP contribution in [0.25, 0.3) is 31.7 Å². The Kier molecular flexibility index (Phi) is 5.06. The third kappa shape index (κ3) is 3.85. The SMILES string of the molecule is Cc1c(NC(=O)COc2cccc3ccccc23)cccc1-c1nc2cccnc2s1. The topological polar surface area (TPSA) is 64.1 Å². The van der Waals surface area contributed by atoms with Gasteiger partial charge >= 0.3 is 0 Å². The van der Waals surface area contributed by atoms with E-state index in [0.717, 1.165) is 42.9 Å². The molecule has 0 bridgehead atoms. The Bertz CT molecular complexity index is 1370. The highest BCUT2D eigenvalue weighted by Gasteiger charge is 2.13. The van der Waals surface area contributed by atoms with Gasteiger partial charge in [0.2, 0.25) is 0 Å². The Hall–Kier alpha value is -3.77. The van der Waals surface area contributed by atoms with Gasteiger partial charge in [0.1, 0.15) is 21.1 Å². The van der Waals surface area contributed by atoms with E-state index in [1.165, 1.54) is 0 Å². The molecule has 152 valence electrons. The van der Waals surface area contributed by atoms with Crippen LogP contribution in [0.2, 0.25) is 0 Å². The van der Waals surface area contributed by atoms with Gasteiger partial charge in [-0.15, -0.1) is 0 Å². The first-order valence-corrected chi connectivity index (χ1v) is 10.7. The lowest BCUT2D eigenvalue weighted by Gasteiger charge is -2.13. The number of nitrogens with zero attached hydrogens (tertiary/aromatic N) is 2. The molecule has 0 spiro atoms. The molecule has 6 heteroatoms. The van der Waals surface area contributed by atoms with Gasteiger partial charge in [-0.05, 0) is 42.1 Å². The molecule has 31 heavy (non-hydrogen) atoms. The largest absolute Gasteiger partial charge is 0.483 e. The van der Waals surface area contributed by atoms with E-state index < -0.39 is 0 Å². The average Bonchev–Trinajstić information content (AvgIpc) is 3.23. The third-order valence-electron chi connectivity index (χ3n) is 5.11. The molecule has 2 heterocycles. The van der Waals surface area contributed by atoms with Crippen LogP contribution in [0.3, 0.4) is 0 Å². The lowest BCUT2D eigenvalue weighted by atomic mass is 10.1. The van der Waals surface area contributed by atoms with Crippen molar-refractivity contribution < 1.29 is 9.53 Å². The van der Waals surface area contributed by atoms with Gasteiger partial charge in [-0.25, -0.2) is 9.97 Å². The van der Waals surface area contributed by atoms with Crippen molar-refractivity contribution in [2.45, 2.75) is 6.92 Å². The summed E-state index contributed by atoms with van der Waals surface area (Å²) in [7, 11) is 0. The second-order valence-electron chi connectivity index (χ2n) is 7.14. The van der Waals surface area contributed by atoms with E-state index in [-0.39, 0.29) is 12.5 Å². The number of ether oxygens (including phenoxy) is 1. The zero-order valence-electron chi connectivity index (χ0n) is 16.8. The van der Waals surface area contributed by atoms with Crippen molar-refractivity contribution in [2.24, 2.45) is 0 Å². The number of pyridine rings is 1. The molecule has 0 atom stereocenters. The number of rotatable bonds is 5. The summed E-state index contributed by atoms with van der Waals surface area (Å²) in [5.74, 6) is 0.486. The fourth-order valence-corrected chi connectivity index (χ4v) is 4.53. The summed E-state index contributed by atoms with van der Waals surface area (Å²) in [4.78, 5) is 22.6. The number of carbonyl (C=O) groups is 1. The minimum absolute atomic E-state index is 0.0667. The van der Waals surface area contributed by atoms with Crippen molar-refractivity contribution in [3.63, 3.8) is 0 Å². The fourth-order valence-electron chi connectivity index (χ4n) is 3.54. The molecule has 2 aromatic heterocycles. The summed E-state index contributed by atoms with van der Waals surface area (Å²) in [6.07, 6.45) is 1.77. The zero-order valence-corrected chi connectivity index (χ0v) is 17.6. The minimum Gasteiger partial charge on any atom is -0.483 e. The van der Waals surface area contributed by atoms with E-state index in [1.807, 2.05) is 79.7 Å². The van der Waals surface area contributed by atoms with Gasteiger partial charge in [-0.1, -0.05) is 59.9 Å². The highest BCUT2D eigenvalue weighted by molar-refractivity contribution is 7.21. The van der Waals surface area contributed by atoms with Crippen molar-refractivity contribution in [3.8, 4) is 16.3 Å². The van der Waals surface area contributed by atoms with Crippen molar-refractivity contribution in [1.82, 2.24) is 9.97 Å². The second-order valence-corrected chi connectivity index (χ2v) is 8.12. The summed E-state index contributed by atoms with van der Waals surface area (Å²) >= 11 is 1.54. The van der Waals surface area contributed by atoms with E-state index in [1.54, 1.807) is 17.5 Å². The zero-order chi connectivity index (χ0) is 21.2. The third-order valence-corrected chi connectivity index (χ3v) is 6.13. The first kappa shape index (κ1) is 19.2. The van der Waals surface area contributed by atoms with Gasteiger partial charge in [-0.3, -0.25) is 4.79 Å². The van der Waals surface area contributed by atoms with Crippen LogP contribution in [0.1, 0.15) is 5.56 Å². The molecule has 1 amide bonds. The van der Waals surface area contributed by atoms with Gasteiger partial charge in [-0.2, -0.15) is 0 Å². The van der Waals surface area contributed by atoms with Crippen LogP contribution in [0.5, 0.6) is 5.75 Å². The predicted octanol–water partition coefficient (Wildman–Crippen LogP) is 5.84. The molecule has 5 rings (SSSR count). The molecule has 0 saturated heterocycles. The van der Waals surface area contributed by atoms with Crippen LogP contribution in [0.4, 0.5) is 5.69 Å². The highest BCUT2D eigenvalue weighted by Crippen LogP contribution is 2.33. The molecule has 0 aliphatic heterocycles. The van der Waals surface area contributed by atoms with Crippen molar-refractivity contribution in [2.75, 3.05) is 11.9 Å². The minimum atomic E-state index is -0.209. The van der Waals surface area contributed by atoms with Gasteiger partial charge < -0.3 is 10.1 Å². The van der Waals surface area contributed by atoms with Gasteiger partial charge in [0.05, 0.1) is 0 Å². The number of hydrogen-bond acceptors (Lipinski definition) is 5. The summed E-state index contributed by atoms with van der Waals surface area (Å²) in [6.45, 7) is 1.92. The Morgan fingerprint density at radius 1 is 1.00 bits per heavy atom. The number of aromatic nitrogens is 2. The Morgan fingerprint density at radius 3 is 2.74 bits per heavy atom. The van der Waals surface area contributed by atoms with Crippen molar-refractivity contribution in [3.05, 3.63) is 84.6 Å². The summed E-state index contributed by atoms with van der Waals surface area (Å²) in [5, 5.41) is 5.92. The number of fused-ring (bicyclic) bond motifs is 2. The normalized spacial score (nSPS) is 11.0. The lowest BCUT2D eigenvalue weighted by Crippen LogP contribution is -2.20. The number of hydrogen-bond donors (Lipinski definition) is 1. The maximum absolute atomic E-state index is 12.6. The van der Waals surface area contributed by atoms with Crippen LogP contribution in [0.15, 0.2) is 79.0 Å². The standard InChI is InChI=1S/C25H19N3O2S/c1-16-18(24-28-21-12-6-14-26-25(21)31-24)10-5-11-20(16)27-23(29)15-30-22-13-4-8-17-7-2-3-9-19(17)22/h2-14H,15H2,1H3,(H,27,29). The van der Waals surface area contributed by atoms with Crippen LogP contribution < -0.4 is 10.1 Å². The van der Waals surface area contributed by atoms with Gasteiger partial charge in [0.15, 0.2) is 6.61 Å². The second kappa shape index (κ2) is 8.16. The summed E-state index contributed by atoms with van der Waals surface area (Å²) in [5.41, 5.74) is 3.56. The molecule has 5 aromatic rings. The van der Waals surface area contributed by atoms with Crippen LogP contribution >= 0.6 is 11.3 Å². The molecule has 1 N–H and O–H groups in total. The van der Waals surface area contributed by atoms with E-state index in [9.17, 15) is 4.79 Å². The van der Waals surface area contributed by atoms with Crippen molar-refractivity contribution >= 4 is 44.1 Å². The molecule has 0 aliphatic carbocycles. The highest BCUT2D eigenvalue weighted by atomic mass is 32.1. The summed E-state index contributed by atoms with van der Waals surface area (Å²) in [6, 6.07) is 23.4. The quantitative estimate of drug-likeness (QED) is 0.384. The molecule has 0 unspecified atom stereocenters. The molecule has 0 saturated carbocycles. The number of anilines is 1. The smallest absolute Gasteiger partial charge is 0.262 e. The van der Waals surface area contributed by atoms with Crippen LogP contribution in [-0.4, -0.2) is 22.5 Å². The van der Waals surface area contributed by atoms with E-state index >= 15 is 0 Å². The van der Waals surface area contributed by atoms with Gasteiger partial charge in [0, 0.05) is 22.8 Å². The van der Waals surface area contributed by atoms with Crippen molar-refractivity contribution in [1.29, 1.82) is 0 Å². The molecule has 0 fully saturated rings. The molecule has 0 aliphatic rings. The van der Waals surface area contributed by atoms with Gasteiger partial charge in [0.25, 0.3) is 5.91 Å². The number of thiazole rings is 1. The first-order valence-electron chi connectivity index (χ1n) is 9.91. The Labute approximate surface area is 183 Å². The molecular formula is C25H19N3O2S. The molecule has 0 radical (unpaired) electrons. The van der Waals surface area contributed by atoms with E-state index in [0.29, 0.717) is 5.75 Å². The monoisotopic (exact) mass is 425 g/mol. The predicted molar refractivity (Wildman–Crippen MR) is 126 cm³/mol.